The van der Waals surface area contributed by atoms with Crippen molar-refractivity contribution in [2.75, 3.05) is 18.8 Å². The molecule has 0 unspecified atom stereocenters. The molecule has 100 valence electrons. The lowest BCUT2D eigenvalue weighted by Gasteiger charge is -2.20. The Kier molecular flexibility index (Phi) is 4.86. The molecule has 2 N–H and O–H groups in total. The van der Waals surface area contributed by atoms with Crippen LogP contribution in [0.2, 0.25) is 0 Å². The van der Waals surface area contributed by atoms with Gasteiger partial charge in [-0.15, -0.1) is 6.58 Å². The topological polar surface area (TPSA) is 63.4 Å². The monoisotopic (exact) mass is 272 g/mol. The number of nitrogens with two attached hydrogens (primary N) is 1. The average molecular weight is 272 g/mol. The van der Waals surface area contributed by atoms with Gasteiger partial charge in [0, 0.05) is 13.1 Å². The molecule has 0 saturated heterocycles. The molecule has 1 rings (SSSR count). The van der Waals surface area contributed by atoms with Crippen LogP contribution in [0, 0.1) is 5.82 Å². The molecule has 0 bridgehead atoms. The number of nitrogen functional groups attached to an aromatic ring is 1. The molecule has 0 amide bonds. The molecule has 1 aromatic rings. The van der Waals surface area contributed by atoms with Crippen molar-refractivity contribution in [2.24, 2.45) is 0 Å². The minimum absolute atomic E-state index is 0.0697. The van der Waals surface area contributed by atoms with Crippen molar-refractivity contribution in [2.45, 2.75) is 18.2 Å². The van der Waals surface area contributed by atoms with Crippen LogP contribution in [-0.2, 0) is 10.0 Å². The van der Waals surface area contributed by atoms with E-state index in [4.69, 9.17) is 5.73 Å². The zero-order valence-electron chi connectivity index (χ0n) is 10.3. The molecule has 0 fully saturated rings. The molecule has 1 aromatic carbocycles. The van der Waals surface area contributed by atoms with Crippen molar-refractivity contribution in [3.05, 3.63) is 36.7 Å². The molecule has 4 nitrogen and oxygen atoms in total. The lowest BCUT2D eigenvalue weighted by molar-refractivity contribution is 0.441. The lowest BCUT2D eigenvalue weighted by Crippen LogP contribution is -2.32. The van der Waals surface area contributed by atoms with Crippen molar-refractivity contribution in [1.82, 2.24) is 4.31 Å². The fourth-order valence-electron chi connectivity index (χ4n) is 1.52. The van der Waals surface area contributed by atoms with Gasteiger partial charge in [0.25, 0.3) is 0 Å². The maximum Gasteiger partial charge on any atom is 0.243 e. The summed E-state index contributed by atoms with van der Waals surface area (Å²) in [7, 11) is -3.70. The van der Waals surface area contributed by atoms with Gasteiger partial charge in [-0.25, -0.2) is 12.8 Å². The van der Waals surface area contributed by atoms with Gasteiger partial charge in [-0.2, -0.15) is 4.31 Å². The predicted molar refractivity (Wildman–Crippen MR) is 70.1 cm³/mol. The van der Waals surface area contributed by atoms with E-state index in [1.165, 1.54) is 22.5 Å². The Morgan fingerprint density at radius 2 is 2.17 bits per heavy atom. The van der Waals surface area contributed by atoms with Crippen LogP contribution in [0.4, 0.5) is 10.1 Å². The molecular formula is C12H17FN2O2S. The van der Waals surface area contributed by atoms with E-state index >= 15 is 0 Å². The van der Waals surface area contributed by atoms with E-state index in [0.717, 1.165) is 6.07 Å². The molecule has 0 aliphatic carbocycles. The molecule has 6 heteroatoms. The van der Waals surface area contributed by atoms with Crippen LogP contribution < -0.4 is 5.73 Å². The molecule has 0 spiro atoms. The SMILES string of the molecule is C=CCN(CCC)S(=O)(=O)c1ccc(N)c(F)c1. The van der Waals surface area contributed by atoms with Gasteiger partial charge in [0.05, 0.1) is 10.6 Å². The van der Waals surface area contributed by atoms with Crippen LogP contribution >= 0.6 is 0 Å². The van der Waals surface area contributed by atoms with Gasteiger partial charge in [0.1, 0.15) is 5.82 Å². The first kappa shape index (κ1) is 14.7. The third-order valence-corrected chi connectivity index (χ3v) is 4.28. The summed E-state index contributed by atoms with van der Waals surface area (Å²) in [6, 6.07) is 3.50. The molecule has 0 radical (unpaired) electrons. The molecule has 0 atom stereocenters. The molecule has 0 aromatic heterocycles. The third-order valence-electron chi connectivity index (χ3n) is 2.42. The summed E-state index contributed by atoms with van der Waals surface area (Å²) in [4.78, 5) is -0.0931. The van der Waals surface area contributed by atoms with Crippen LogP contribution in [0.3, 0.4) is 0 Å². The number of benzene rings is 1. The summed E-state index contributed by atoms with van der Waals surface area (Å²) in [5.41, 5.74) is 5.26. The van der Waals surface area contributed by atoms with E-state index in [1.54, 1.807) is 0 Å². The second-order valence-corrected chi connectivity index (χ2v) is 5.77. The molecule has 0 aliphatic heterocycles. The summed E-state index contributed by atoms with van der Waals surface area (Å²) in [5, 5.41) is 0. The highest BCUT2D eigenvalue weighted by Crippen LogP contribution is 2.20. The van der Waals surface area contributed by atoms with Gasteiger partial charge in [-0.05, 0) is 24.6 Å². The number of nitrogens with zero attached hydrogens (tertiary/aromatic N) is 1. The Morgan fingerprint density at radius 1 is 1.50 bits per heavy atom. The largest absolute Gasteiger partial charge is 0.396 e. The second-order valence-electron chi connectivity index (χ2n) is 3.84. The number of sulfonamides is 1. The first-order chi connectivity index (χ1) is 8.43. The fourth-order valence-corrected chi connectivity index (χ4v) is 3.04. The summed E-state index contributed by atoms with van der Waals surface area (Å²) in [5.74, 6) is -0.730. The van der Waals surface area contributed by atoms with Gasteiger partial charge in [0.2, 0.25) is 10.0 Å². The van der Waals surface area contributed by atoms with Gasteiger partial charge >= 0.3 is 0 Å². The van der Waals surface area contributed by atoms with Crippen molar-refractivity contribution in [3.63, 3.8) is 0 Å². The van der Waals surface area contributed by atoms with Crippen molar-refractivity contribution < 1.29 is 12.8 Å². The number of hydrogen-bond donors (Lipinski definition) is 1. The molecule has 18 heavy (non-hydrogen) atoms. The predicted octanol–water partition coefficient (Wildman–Crippen LogP) is 1.99. The van der Waals surface area contributed by atoms with Gasteiger partial charge in [-0.3, -0.25) is 0 Å². The molecule has 0 saturated carbocycles. The van der Waals surface area contributed by atoms with E-state index in [2.05, 4.69) is 6.58 Å². The second kappa shape index (κ2) is 5.97. The fraction of sp³-hybridized carbons (Fsp3) is 0.333. The summed E-state index contributed by atoms with van der Waals surface area (Å²) < 4.78 is 39.1. The molecule has 0 heterocycles. The molecular weight excluding hydrogens is 255 g/mol. The van der Waals surface area contributed by atoms with E-state index in [0.29, 0.717) is 13.0 Å². The Balaban J connectivity index is 3.17. The zero-order valence-corrected chi connectivity index (χ0v) is 11.1. The van der Waals surface area contributed by atoms with Crippen LogP contribution in [0.15, 0.2) is 35.7 Å². The highest BCUT2D eigenvalue weighted by molar-refractivity contribution is 7.89. The van der Waals surface area contributed by atoms with Gasteiger partial charge in [-0.1, -0.05) is 13.0 Å². The summed E-state index contributed by atoms with van der Waals surface area (Å²) in [6.45, 7) is 5.95. The van der Waals surface area contributed by atoms with Crippen LogP contribution in [0.25, 0.3) is 0 Å². The zero-order chi connectivity index (χ0) is 13.8. The number of hydrogen-bond acceptors (Lipinski definition) is 3. The first-order valence-corrected chi connectivity index (χ1v) is 7.03. The number of rotatable bonds is 6. The minimum Gasteiger partial charge on any atom is -0.396 e. The Hall–Kier alpha value is -1.40. The Bertz CT molecular complexity index is 529. The van der Waals surface area contributed by atoms with E-state index in [1.807, 2.05) is 6.92 Å². The normalized spacial score (nSPS) is 11.7. The highest BCUT2D eigenvalue weighted by Gasteiger charge is 2.23. The highest BCUT2D eigenvalue weighted by atomic mass is 32.2. The van der Waals surface area contributed by atoms with Gasteiger partial charge in [0.15, 0.2) is 0 Å². The number of anilines is 1. The maximum absolute atomic E-state index is 13.3. The van der Waals surface area contributed by atoms with Gasteiger partial charge < -0.3 is 5.73 Å². The summed E-state index contributed by atoms with van der Waals surface area (Å²) >= 11 is 0. The van der Waals surface area contributed by atoms with Crippen molar-refractivity contribution >= 4 is 15.7 Å². The quantitative estimate of drug-likeness (QED) is 0.636. The standard InChI is InChI=1S/C12H17FN2O2S/c1-3-7-15(8-4-2)18(16,17)10-5-6-12(14)11(13)9-10/h3,5-6,9H,1,4,7-8,14H2,2H3. The third kappa shape index (κ3) is 3.08. The summed E-state index contributed by atoms with van der Waals surface area (Å²) in [6.07, 6.45) is 2.17. The van der Waals surface area contributed by atoms with Crippen LogP contribution in [-0.4, -0.2) is 25.8 Å². The van der Waals surface area contributed by atoms with Crippen molar-refractivity contribution in [1.29, 1.82) is 0 Å². The first-order valence-electron chi connectivity index (χ1n) is 5.59. The maximum atomic E-state index is 13.3. The Morgan fingerprint density at radius 3 is 2.67 bits per heavy atom. The Labute approximate surface area is 107 Å². The lowest BCUT2D eigenvalue weighted by atomic mass is 10.3. The minimum atomic E-state index is -3.70. The smallest absolute Gasteiger partial charge is 0.243 e. The number of halogens is 1. The van der Waals surface area contributed by atoms with E-state index < -0.39 is 15.8 Å². The van der Waals surface area contributed by atoms with E-state index in [-0.39, 0.29) is 17.1 Å². The average Bonchev–Trinajstić information content (AvgIpc) is 2.32. The van der Waals surface area contributed by atoms with E-state index in [9.17, 15) is 12.8 Å². The van der Waals surface area contributed by atoms with Crippen LogP contribution in [0.5, 0.6) is 0 Å². The molecule has 0 aliphatic rings. The van der Waals surface area contributed by atoms with Crippen molar-refractivity contribution in [3.8, 4) is 0 Å². The van der Waals surface area contributed by atoms with Crippen LogP contribution in [0.1, 0.15) is 13.3 Å².